The number of hydrogen-bond acceptors (Lipinski definition) is 2. The zero-order valence-electron chi connectivity index (χ0n) is 10.5. The van der Waals surface area contributed by atoms with Crippen molar-refractivity contribution in [2.24, 2.45) is 0 Å². The van der Waals surface area contributed by atoms with E-state index >= 15 is 0 Å². The fourth-order valence-corrected chi connectivity index (χ4v) is 1.82. The fraction of sp³-hybridized carbons (Fsp3) is 1.00. The SMILES string of the molecule is CCCN(CC)CCCC(C)NCC. The van der Waals surface area contributed by atoms with Gasteiger partial charge in [0.05, 0.1) is 0 Å². The first-order valence-electron chi connectivity index (χ1n) is 6.20. The van der Waals surface area contributed by atoms with Crippen LogP contribution in [0, 0.1) is 0 Å². The Hall–Kier alpha value is -0.0800. The molecular weight excluding hydrogens is 172 g/mol. The van der Waals surface area contributed by atoms with Crippen LogP contribution in [-0.2, 0) is 0 Å². The lowest BCUT2D eigenvalue weighted by molar-refractivity contribution is 0.277. The van der Waals surface area contributed by atoms with Gasteiger partial charge in [0.25, 0.3) is 0 Å². The van der Waals surface area contributed by atoms with Gasteiger partial charge in [0, 0.05) is 6.04 Å². The smallest absolute Gasteiger partial charge is 0.00390 e. The Kier molecular flexibility index (Phi) is 9.42. The summed E-state index contributed by atoms with van der Waals surface area (Å²) in [5.41, 5.74) is 0. The fourth-order valence-electron chi connectivity index (χ4n) is 1.82. The lowest BCUT2D eigenvalue weighted by Crippen LogP contribution is -2.29. The summed E-state index contributed by atoms with van der Waals surface area (Å²) in [6, 6.07) is 0.681. The molecule has 0 aliphatic rings. The van der Waals surface area contributed by atoms with Gasteiger partial charge in [-0.1, -0.05) is 20.8 Å². The molecule has 1 atom stereocenters. The molecule has 0 aliphatic heterocycles. The number of rotatable bonds is 9. The molecule has 0 aromatic heterocycles. The maximum atomic E-state index is 3.45. The minimum Gasteiger partial charge on any atom is -0.315 e. The molecule has 2 nitrogen and oxygen atoms in total. The predicted molar refractivity (Wildman–Crippen MR) is 64.8 cm³/mol. The molecule has 0 radical (unpaired) electrons. The Labute approximate surface area is 90.1 Å². The van der Waals surface area contributed by atoms with E-state index in [2.05, 4.69) is 37.9 Å². The molecule has 0 heterocycles. The van der Waals surface area contributed by atoms with Gasteiger partial charge in [0.2, 0.25) is 0 Å². The highest BCUT2D eigenvalue weighted by molar-refractivity contribution is 4.61. The van der Waals surface area contributed by atoms with E-state index in [-0.39, 0.29) is 0 Å². The molecule has 0 rings (SSSR count). The Morgan fingerprint density at radius 2 is 1.86 bits per heavy atom. The van der Waals surface area contributed by atoms with E-state index in [4.69, 9.17) is 0 Å². The molecule has 0 aromatic rings. The van der Waals surface area contributed by atoms with Crippen LogP contribution in [-0.4, -0.2) is 37.1 Å². The van der Waals surface area contributed by atoms with Crippen molar-refractivity contribution in [2.75, 3.05) is 26.2 Å². The Balaban J connectivity index is 3.40. The molecule has 0 spiro atoms. The minimum atomic E-state index is 0.681. The van der Waals surface area contributed by atoms with E-state index in [1.807, 2.05) is 0 Å². The van der Waals surface area contributed by atoms with Crippen LogP contribution in [0.4, 0.5) is 0 Å². The molecule has 14 heavy (non-hydrogen) atoms. The quantitative estimate of drug-likeness (QED) is 0.615. The molecule has 1 unspecified atom stereocenters. The molecule has 2 heteroatoms. The van der Waals surface area contributed by atoms with Gasteiger partial charge < -0.3 is 10.2 Å². The summed E-state index contributed by atoms with van der Waals surface area (Å²) in [7, 11) is 0. The molecule has 0 fully saturated rings. The zero-order chi connectivity index (χ0) is 10.8. The van der Waals surface area contributed by atoms with E-state index < -0.39 is 0 Å². The van der Waals surface area contributed by atoms with Crippen molar-refractivity contribution in [3.05, 3.63) is 0 Å². The maximum Gasteiger partial charge on any atom is 0.00390 e. The first kappa shape index (κ1) is 13.9. The standard InChI is InChI=1S/C12H28N2/c1-5-10-14(7-3)11-8-9-12(4)13-6-2/h12-13H,5-11H2,1-4H3. The highest BCUT2D eigenvalue weighted by atomic mass is 15.1. The van der Waals surface area contributed by atoms with Crippen molar-refractivity contribution in [1.82, 2.24) is 10.2 Å². The average Bonchev–Trinajstić information content (AvgIpc) is 2.17. The molecule has 0 bridgehead atoms. The predicted octanol–water partition coefficient (Wildman–Crippen LogP) is 2.50. The van der Waals surface area contributed by atoms with Gasteiger partial charge >= 0.3 is 0 Å². The van der Waals surface area contributed by atoms with Crippen molar-refractivity contribution in [2.45, 2.75) is 53.0 Å². The summed E-state index contributed by atoms with van der Waals surface area (Å²) in [4.78, 5) is 2.54. The third kappa shape index (κ3) is 7.34. The van der Waals surface area contributed by atoms with E-state index in [0.29, 0.717) is 6.04 Å². The number of hydrogen-bond donors (Lipinski definition) is 1. The second-order valence-electron chi connectivity index (χ2n) is 4.04. The van der Waals surface area contributed by atoms with E-state index in [1.54, 1.807) is 0 Å². The van der Waals surface area contributed by atoms with E-state index in [9.17, 15) is 0 Å². The third-order valence-corrected chi connectivity index (χ3v) is 2.65. The topological polar surface area (TPSA) is 15.3 Å². The average molecular weight is 200 g/mol. The molecule has 0 saturated carbocycles. The first-order chi connectivity index (χ1) is 6.74. The summed E-state index contributed by atoms with van der Waals surface area (Å²) < 4.78 is 0. The second-order valence-corrected chi connectivity index (χ2v) is 4.04. The van der Waals surface area contributed by atoms with Crippen LogP contribution in [0.15, 0.2) is 0 Å². The van der Waals surface area contributed by atoms with Crippen molar-refractivity contribution in [1.29, 1.82) is 0 Å². The van der Waals surface area contributed by atoms with E-state index in [0.717, 1.165) is 6.54 Å². The number of nitrogens with one attached hydrogen (secondary N) is 1. The van der Waals surface area contributed by atoms with Crippen LogP contribution in [0.3, 0.4) is 0 Å². The van der Waals surface area contributed by atoms with Crippen LogP contribution in [0.25, 0.3) is 0 Å². The van der Waals surface area contributed by atoms with Gasteiger partial charge in [-0.25, -0.2) is 0 Å². The van der Waals surface area contributed by atoms with Crippen LogP contribution in [0.5, 0.6) is 0 Å². The minimum absolute atomic E-state index is 0.681. The molecule has 86 valence electrons. The second kappa shape index (κ2) is 9.47. The molecule has 1 N–H and O–H groups in total. The summed E-state index contributed by atoms with van der Waals surface area (Å²) in [6.45, 7) is 13.8. The zero-order valence-corrected chi connectivity index (χ0v) is 10.5. The molecule has 0 aromatic carbocycles. The Morgan fingerprint density at radius 3 is 2.36 bits per heavy atom. The largest absolute Gasteiger partial charge is 0.315 e. The van der Waals surface area contributed by atoms with E-state index in [1.165, 1.54) is 38.9 Å². The van der Waals surface area contributed by atoms with Gasteiger partial charge in [-0.3, -0.25) is 0 Å². The van der Waals surface area contributed by atoms with Gasteiger partial charge in [-0.2, -0.15) is 0 Å². The highest BCUT2D eigenvalue weighted by Gasteiger charge is 2.03. The molecule has 0 amide bonds. The maximum absolute atomic E-state index is 3.45. The van der Waals surface area contributed by atoms with Gasteiger partial charge in [-0.05, 0) is 52.4 Å². The molecular formula is C12H28N2. The van der Waals surface area contributed by atoms with Crippen LogP contribution >= 0.6 is 0 Å². The Morgan fingerprint density at radius 1 is 1.14 bits per heavy atom. The van der Waals surface area contributed by atoms with Crippen molar-refractivity contribution < 1.29 is 0 Å². The lowest BCUT2D eigenvalue weighted by atomic mass is 10.1. The summed E-state index contributed by atoms with van der Waals surface area (Å²) in [5.74, 6) is 0. The van der Waals surface area contributed by atoms with Crippen molar-refractivity contribution in [3.63, 3.8) is 0 Å². The van der Waals surface area contributed by atoms with Crippen molar-refractivity contribution >= 4 is 0 Å². The summed E-state index contributed by atoms with van der Waals surface area (Å²) in [5, 5.41) is 3.45. The summed E-state index contributed by atoms with van der Waals surface area (Å²) in [6.07, 6.45) is 3.90. The lowest BCUT2D eigenvalue weighted by Gasteiger charge is -2.20. The monoisotopic (exact) mass is 200 g/mol. The Bertz CT molecular complexity index is 115. The highest BCUT2D eigenvalue weighted by Crippen LogP contribution is 2.00. The number of nitrogens with zero attached hydrogens (tertiary/aromatic N) is 1. The van der Waals surface area contributed by atoms with Crippen LogP contribution in [0.1, 0.15) is 47.0 Å². The molecule has 0 saturated heterocycles. The van der Waals surface area contributed by atoms with Crippen LogP contribution in [0.2, 0.25) is 0 Å². The van der Waals surface area contributed by atoms with Crippen molar-refractivity contribution in [3.8, 4) is 0 Å². The normalized spacial score (nSPS) is 13.5. The van der Waals surface area contributed by atoms with Gasteiger partial charge in [-0.15, -0.1) is 0 Å². The van der Waals surface area contributed by atoms with Gasteiger partial charge in [0.1, 0.15) is 0 Å². The summed E-state index contributed by atoms with van der Waals surface area (Å²) >= 11 is 0. The third-order valence-electron chi connectivity index (χ3n) is 2.65. The van der Waals surface area contributed by atoms with Crippen LogP contribution < -0.4 is 5.32 Å². The molecule has 0 aliphatic carbocycles. The van der Waals surface area contributed by atoms with Gasteiger partial charge in [0.15, 0.2) is 0 Å². The first-order valence-corrected chi connectivity index (χ1v) is 6.20.